The number of rotatable bonds is 5. The van der Waals surface area contributed by atoms with Gasteiger partial charge in [0.05, 0.1) is 0 Å². The molecule has 11 heavy (non-hydrogen) atoms. The monoisotopic (exact) mass is 179 g/mol. The zero-order valence-electron chi connectivity index (χ0n) is 7.50. The molecule has 4 heteroatoms. The van der Waals surface area contributed by atoms with Crippen molar-refractivity contribution in [2.75, 3.05) is 19.4 Å². The minimum Gasteiger partial charge on any atom is -0.344 e. The first-order valence-corrected chi connectivity index (χ1v) is 6.23. The van der Waals surface area contributed by atoms with Crippen molar-refractivity contribution in [2.45, 2.75) is 26.3 Å². The van der Waals surface area contributed by atoms with Crippen molar-refractivity contribution in [3.8, 4) is 0 Å². The van der Waals surface area contributed by atoms with Crippen LogP contribution >= 0.6 is 7.37 Å². The Kier molecular flexibility index (Phi) is 4.98. The Morgan fingerprint density at radius 2 is 2.09 bits per heavy atom. The van der Waals surface area contributed by atoms with Crippen LogP contribution in [0.15, 0.2) is 0 Å². The fourth-order valence-corrected chi connectivity index (χ4v) is 1.51. The average Bonchev–Trinajstić information content (AvgIpc) is 1.78. The zero-order valence-corrected chi connectivity index (χ0v) is 8.40. The third kappa shape index (κ3) is 10.2. The lowest BCUT2D eigenvalue weighted by molar-refractivity contribution is 0.480. The smallest absolute Gasteiger partial charge is 0.197 e. The molecule has 0 bridgehead atoms. The van der Waals surface area contributed by atoms with E-state index in [2.05, 4.69) is 19.2 Å². The normalized spacial score (nSPS) is 16.8. The van der Waals surface area contributed by atoms with E-state index >= 15 is 0 Å². The summed E-state index contributed by atoms with van der Waals surface area (Å²) in [7, 11) is -2.77. The van der Waals surface area contributed by atoms with Crippen LogP contribution in [-0.2, 0) is 4.57 Å². The number of hydrogen-bond acceptors (Lipinski definition) is 2. The molecule has 0 aromatic rings. The molecule has 1 atom stereocenters. The lowest BCUT2D eigenvalue weighted by atomic mass is 10.4. The van der Waals surface area contributed by atoms with Gasteiger partial charge in [0.1, 0.15) is 0 Å². The highest BCUT2D eigenvalue weighted by atomic mass is 31.2. The molecule has 0 aromatic carbocycles. The van der Waals surface area contributed by atoms with E-state index in [4.69, 9.17) is 4.89 Å². The molecule has 2 N–H and O–H groups in total. The Morgan fingerprint density at radius 3 is 2.45 bits per heavy atom. The number of hydrogen-bond donors (Lipinski definition) is 2. The molecule has 0 aliphatic heterocycles. The standard InChI is InChI=1S/C7H18NO2P/c1-7(2)8-5-4-6-11(3,9)10/h7-8H,4-6H2,1-3H3,(H,9,10). The third-order valence-corrected chi connectivity index (χ3v) is 2.45. The Balaban J connectivity index is 3.22. The lowest BCUT2D eigenvalue weighted by Gasteiger charge is -2.08. The second-order valence-corrected chi connectivity index (χ2v) is 5.79. The highest BCUT2D eigenvalue weighted by Crippen LogP contribution is 2.35. The van der Waals surface area contributed by atoms with E-state index < -0.39 is 7.37 Å². The van der Waals surface area contributed by atoms with Gasteiger partial charge in [0, 0.05) is 18.9 Å². The maximum atomic E-state index is 10.8. The quantitative estimate of drug-likeness (QED) is 0.493. The molecule has 0 amide bonds. The van der Waals surface area contributed by atoms with Crippen molar-refractivity contribution in [1.82, 2.24) is 5.32 Å². The van der Waals surface area contributed by atoms with Crippen molar-refractivity contribution >= 4 is 7.37 Å². The van der Waals surface area contributed by atoms with E-state index in [0.717, 1.165) is 13.0 Å². The van der Waals surface area contributed by atoms with E-state index in [9.17, 15) is 4.57 Å². The molecule has 0 aliphatic carbocycles. The van der Waals surface area contributed by atoms with Gasteiger partial charge in [0.2, 0.25) is 0 Å². The van der Waals surface area contributed by atoms with Crippen LogP contribution in [0.5, 0.6) is 0 Å². The molecule has 68 valence electrons. The highest BCUT2D eigenvalue weighted by molar-refractivity contribution is 7.57. The molecule has 0 aromatic heterocycles. The minimum atomic E-state index is -2.77. The Hall–Kier alpha value is 0.150. The summed E-state index contributed by atoms with van der Waals surface area (Å²) in [6.45, 7) is 6.35. The predicted octanol–water partition coefficient (Wildman–Crippen LogP) is 1.27. The molecule has 0 spiro atoms. The molecule has 0 saturated carbocycles. The van der Waals surface area contributed by atoms with Gasteiger partial charge >= 0.3 is 0 Å². The van der Waals surface area contributed by atoms with Crippen LogP contribution < -0.4 is 5.32 Å². The summed E-state index contributed by atoms with van der Waals surface area (Å²) in [6.07, 6.45) is 1.20. The van der Waals surface area contributed by atoms with Gasteiger partial charge in [-0.25, -0.2) is 0 Å². The molecule has 0 aliphatic rings. The number of nitrogens with one attached hydrogen (secondary N) is 1. The summed E-state index contributed by atoms with van der Waals surface area (Å²) in [5, 5.41) is 3.19. The van der Waals surface area contributed by atoms with Gasteiger partial charge in [-0.2, -0.15) is 0 Å². The Morgan fingerprint density at radius 1 is 1.55 bits per heavy atom. The fourth-order valence-electron chi connectivity index (χ4n) is 0.763. The zero-order chi connectivity index (χ0) is 8.91. The van der Waals surface area contributed by atoms with Crippen LogP contribution in [0.25, 0.3) is 0 Å². The van der Waals surface area contributed by atoms with Crippen molar-refractivity contribution in [3.63, 3.8) is 0 Å². The van der Waals surface area contributed by atoms with Crippen LogP contribution in [0.2, 0.25) is 0 Å². The Labute approximate surface area is 68.6 Å². The van der Waals surface area contributed by atoms with Gasteiger partial charge in [-0.3, -0.25) is 4.57 Å². The van der Waals surface area contributed by atoms with Crippen molar-refractivity contribution in [3.05, 3.63) is 0 Å². The van der Waals surface area contributed by atoms with Crippen LogP contribution in [0.1, 0.15) is 20.3 Å². The molecule has 0 radical (unpaired) electrons. The van der Waals surface area contributed by atoms with E-state index in [1.54, 1.807) is 0 Å². The minimum absolute atomic E-state index is 0.423. The summed E-state index contributed by atoms with van der Waals surface area (Å²) in [4.78, 5) is 8.91. The van der Waals surface area contributed by atoms with Gasteiger partial charge in [-0.15, -0.1) is 0 Å². The Bertz CT molecular complexity index is 141. The van der Waals surface area contributed by atoms with Crippen molar-refractivity contribution in [1.29, 1.82) is 0 Å². The molecule has 3 nitrogen and oxygen atoms in total. The van der Waals surface area contributed by atoms with Gasteiger partial charge in [-0.1, -0.05) is 13.8 Å². The molecular formula is C7H18NO2P. The highest BCUT2D eigenvalue weighted by Gasteiger charge is 2.07. The van der Waals surface area contributed by atoms with E-state index in [-0.39, 0.29) is 0 Å². The molecule has 1 unspecified atom stereocenters. The summed E-state index contributed by atoms with van der Waals surface area (Å²) < 4.78 is 10.8. The van der Waals surface area contributed by atoms with Crippen LogP contribution in [0.4, 0.5) is 0 Å². The largest absolute Gasteiger partial charge is 0.344 e. The van der Waals surface area contributed by atoms with E-state index in [1.807, 2.05) is 0 Å². The molecule has 0 fully saturated rings. The SMILES string of the molecule is CC(C)NCCCP(C)(=O)O. The maximum Gasteiger partial charge on any atom is 0.197 e. The summed E-state index contributed by atoms with van der Waals surface area (Å²) in [6, 6.07) is 0.463. The first-order chi connectivity index (χ1) is 4.92. The average molecular weight is 179 g/mol. The molecule has 0 saturated heterocycles. The first kappa shape index (κ1) is 11.2. The maximum absolute atomic E-state index is 10.8. The van der Waals surface area contributed by atoms with E-state index in [1.165, 1.54) is 6.66 Å². The molecular weight excluding hydrogens is 161 g/mol. The van der Waals surface area contributed by atoms with Crippen molar-refractivity contribution < 1.29 is 9.46 Å². The third-order valence-electron chi connectivity index (χ3n) is 1.30. The van der Waals surface area contributed by atoms with Gasteiger partial charge in [-0.05, 0) is 13.0 Å². The van der Waals surface area contributed by atoms with Gasteiger partial charge in [0.15, 0.2) is 7.37 Å². The van der Waals surface area contributed by atoms with Crippen molar-refractivity contribution in [2.24, 2.45) is 0 Å². The lowest BCUT2D eigenvalue weighted by Crippen LogP contribution is -2.24. The second-order valence-electron chi connectivity index (χ2n) is 3.24. The first-order valence-electron chi connectivity index (χ1n) is 3.94. The topological polar surface area (TPSA) is 49.3 Å². The van der Waals surface area contributed by atoms with Gasteiger partial charge < -0.3 is 10.2 Å². The van der Waals surface area contributed by atoms with Crippen LogP contribution in [0.3, 0.4) is 0 Å². The van der Waals surface area contributed by atoms with E-state index in [0.29, 0.717) is 12.2 Å². The second kappa shape index (κ2) is 4.91. The van der Waals surface area contributed by atoms with Gasteiger partial charge in [0.25, 0.3) is 0 Å². The predicted molar refractivity (Wildman–Crippen MR) is 48.4 cm³/mol. The van der Waals surface area contributed by atoms with Crippen LogP contribution in [0, 0.1) is 0 Å². The fraction of sp³-hybridized carbons (Fsp3) is 1.00. The summed E-state index contributed by atoms with van der Waals surface area (Å²) in [5.41, 5.74) is 0. The molecule has 0 heterocycles. The molecule has 0 rings (SSSR count). The van der Waals surface area contributed by atoms with Crippen LogP contribution in [-0.4, -0.2) is 30.3 Å². The summed E-state index contributed by atoms with van der Waals surface area (Å²) in [5.74, 6) is 0. The summed E-state index contributed by atoms with van der Waals surface area (Å²) >= 11 is 0.